The molecule has 5 rings (SSSR count). The first kappa shape index (κ1) is 20.1. The lowest BCUT2D eigenvalue weighted by molar-refractivity contribution is 0.0971. The quantitative estimate of drug-likeness (QED) is 0.506. The number of carbonyl (C=O) groups excluding carboxylic acids is 1. The molecule has 1 aromatic carbocycles. The molecule has 0 unspecified atom stereocenters. The van der Waals surface area contributed by atoms with Crippen molar-refractivity contribution in [2.75, 3.05) is 18.0 Å². The SMILES string of the molecule is Cn1cc(-c2ccc(C(=O)N(c3ncccc3-c3cc[nH]n3)[C@@H]3CCCNC3)cc2)nn1. The Morgan fingerprint density at radius 3 is 2.72 bits per heavy atom. The molecule has 0 bridgehead atoms. The van der Waals surface area contributed by atoms with E-state index in [9.17, 15) is 4.79 Å². The first-order valence-corrected chi connectivity index (χ1v) is 10.7. The Morgan fingerprint density at radius 2 is 2.03 bits per heavy atom. The molecule has 4 aromatic rings. The average molecular weight is 429 g/mol. The molecule has 1 amide bonds. The number of piperidine rings is 1. The summed E-state index contributed by atoms with van der Waals surface area (Å²) >= 11 is 0. The van der Waals surface area contributed by atoms with Gasteiger partial charge in [0.15, 0.2) is 0 Å². The Balaban J connectivity index is 1.53. The summed E-state index contributed by atoms with van der Waals surface area (Å²) in [6.45, 7) is 1.68. The summed E-state index contributed by atoms with van der Waals surface area (Å²) < 4.78 is 1.66. The normalized spacial score (nSPS) is 16.1. The number of hydrogen-bond donors (Lipinski definition) is 2. The monoisotopic (exact) mass is 428 g/mol. The van der Waals surface area contributed by atoms with Gasteiger partial charge >= 0.3 is 0 Å². The lowest BCUT2D eigenvalue weighted by atomic mass is 10.0. The highest BCUT2D eigenvalue weighted by atomic mass is 16.2. The molecular formula is C23H24N8O. The number of aromatic amines is 1. The highest BCUT2D eigenvalue weighted by molar-refractivity contribution is 6.08. The lowest BCUT2D eigenvalue weighted by Crippen LogP contribution is -2.49. The molecule has 1 saturated heterocycles. The number of amides is 1. The number of nitrogens with zero attached hydrogens (tertiary/aromatic N) is 6. The van der Waals surface area contributed by atoms with Crippen LogP contribution < -0.4 is 10.2 Å². The van der Waals surface area contributed by atoms with Gasteiger partial charge in [-0.25, -0.2) is 4.98 Å². The zero-order valence-electron chi connectivity index (χ0n) is 17.8. The van der Waals surface area contributed by atoms with E-state index in [2.05, 4.69) is 30.8 Å². The molecule has 9 heteroatoms. The number of pyridine rings is 1. The van der Waals surface area contributed by atoms with E-state index in [0.717, 1.165) is 48.4 Å². The molecule has 162 valence electrons. The van der Waals surface area contributed by atoms with Gasteiger partial charge in [-0.1, -0.05) is 17.3 Å². The third-order valence-electron chi connectivity index (χ3n) is 5.68. The number of anilines is 1. The van der Waals surface area contributed by atoms with Gasteiger partial charge < -0.3 is 5.32 Å². The van der Waals surface area contributed by atoms with Crippen molar-refractivity contribution in [2.45, 2.75) is 18.9 Å². The maximum absolute atomic E-state index is 13.8. The molecule has 0 aliphatic carbocycles. The van der Waals surface area contributed by atoms with Gasteiger partial charge in [0.25, 0.3) is 5.91 Å². The zero-order chi connectivity index (χ0) is 21.9. The number of aryl methyl sites for hydroxylation is 1. The van der Waals surface area contributed by atoms with Crippen LogP contribution in [0.3, 0.4) is 0 Å². The fourth-order valence-electron chi connectivity index (χ4n) is 4.09. The summed E-state index contributed by atoms with van der Waals surface area (Å²) in [5.41, 5.74) is 3.86. The molecule has 0 saturated carbocycles. The first-order valence-electron chi connectivity index (χ1n) is 10.7. The van der Waals surface area contributed by atoms with Crippen molar-refractivity contribution in [2.24, 2.45) is 7.05 Å². The minimum absolute atomic E-state index is 0.00325. The van der Waals surface area contributed by atoms with Crippen LogP contribution in [-0.4, -0.2) is 55.2 Å². The topological polar surface area (TPSA) is 105 Å². The summed E-state index contributed by atoms with van der Waals surface area (Å²) in [6.07, 6.45) is 7.25. The van der Waals surface area contributed by atoms with Crippen molar-refractivity contribution >= 4 is 11.7 Å². The van der Waals surface area contributed by atoms with Crippen LogP contribution in [0.1, 0.15) is 23.2 Å². The van der Waals surface area contributed by atoms with E-state index in [1.54, 1.807) is 17.1 Å². The number of benzene rings is 1. The van der Waals surface area contributed by atoms with Crippen LogP contribution in [0.25, 0.3) is 22.5 Å². The van der Waals surface area contributed by atoms with Gasteiger partial charge in [-0.05, 0) is 49.7 Å². The number of H-pyrrole nitrogens is 1. The molecule has 2 N–H and O–H groups in total. The van der Waals surface area contributed by atoms with Gasteiger partial charge in [-0.2, -0.15) is 5.10 Å². The fourth-order valence-corrected chi connectivity index (χ4v) is 4.09. The smallest absolute Gasteiger partial charge is 0.259 e. The molecule has 1 fully saturated rings. The second-order valence-corrected chi connectivity index (χ2v) is 7.86. The van der Waals surface area contributed by atoms with Crippen LogP contribution in [0, 0.1) is 0 Å². The van der Waals surface area contributed by atoms with Crippen molar-refractivity contribution in [3.8, 4) is 22.5 Å². The number of nitrogens with one attached hydrogen (secondary N) is 2. The Kier molecular flexibility index (Phi) is 5.47. The second-order valence-electron chi connectivity index (χ2n) is 7.86. The van der Waals surface area contributed by atoms with E-state index in [4.69, 9.17) is 0 Å². The Bertz CT molecular complexity index is 1190. The van der Waals surface area contributed by atoms with Crippen molar-refractivity contribution in [3.63, 3.8) is 0 Å². The molecule has 1 aliphatic rings. The molecule has 0 spiro atoms. The number of aromatic nitrogens is 6. The predicted molar refractivity (Wildman–Crippen MR) is 121 cm³/mol. The molecule has 4 heterocycles. The Morgan fingerprint density at radius 1 is 1.16 bits per heavy atom. The Labute approximate surface area is 185 Å². The lowest BCUT2D eigenvalue weighted by Gasteiger charge is -2.35. The van der Waals surface area contributed by atoms with Crippen molar-refractivity contribution in [1.82, 2.24) is 35.5 Å². The minimum Gasteiger partial charge on any atom is -0.315 e. The van der Waals surface area contributed by atoms with Crippen LogP contribution in [0.2, 0.25) is 0 Å². The summed E-state index contributed by atoms with van der Waals surface area (Å²) in [6, 6.07) is 13.2. The molecule has 0 radical (unpaired) electrons. The summed E-state index contributed by atoms with van der Waals surface area (Å²) in [5, 5.41) is 18.7. The Hall–Kier alpha value is -3.85. The van der Waals surface area contributed by atoms with Gasteiger partial charge in [0.2, 0.25) is 0 Å². The van der Waals surface area contributed by atoms with E-state index in [-0.39, 0.29) is 11.9 Å². The molecular weight excluding hydrogens is 404 g/mol. The minimum atomic E-state index is -0.0834. The van der Waals surface area contributed by atoms with Gasteiger partial charge in [0, 0.05) is 42.7 Å². The van der Waals surface area contributed by atoms with Crippen LogP contribution >= 0.6 is 0 Å². The highest BCUT2D eigenvalue weighted by Crippen LogP contribution is 2.31. The van der Waals surface area contributed by atoms with Crippen LogP contribution in [0.4, 0.5) is 5.82 Å². The number of hydrogen-bond acceptors (Lipinski definition) is 6. The van der Waals surface area contributed by atoms with Crippen LogP contribution in [-0.2, 0) is 7.05 Å². The highest BCUT2D eigenvalue weighted by Gasteiger charge is 2.31. The van der Waals surface area contributed by atoms with E-state index < -0.39 is 0 Å². The van der Waals surface area contributed by atoms with Gasteiger partial charge in [-0.15, -0.1) is 5.10 Å². The summed E-state index contributed by atoms with van der Waals surface area (Å²) in [4.78, 5) is 20.3. The molecule has 32 heavy (non-hydrogen) atoms. The third-order valence-corrected chi connectivity index (χ3v) is 5.68. The summed E-state index contributed by atoms with van der Waals surface area (Å²) in [5.74, 6) is 0.538. The van der Waals surface area contributed by atoms with E-state index in [1.807, 2.05) is 60.6 Å². The molecule has 3 aromatic heterocycles. The van der Waals surface area contributed by atoms with Crippen molar-refractivity contribution < 1.29 is 4.79 Å². The maximum Gasteiger partial charge on any atom is 0.259 e. The standard InChI is InChI=1S/C23H24N8O/c1-30-15-21(28-29-30)16-6-8-17(9-7-16)23(32)31(18-4-2-11-24-14-18)22-19(5-3-12-25-22)20-10-13-26-27-20/h3,5-10,12-13,15,18,24H,2,4,11,14H2,1H3,(H,26,27)/t18-/m1/s1. The van der Waals surface area contributed by atoms with E-state index >= 15 is 0 Å². The average Bonchev–Trinajstić information content (AvgIpc) is 3.53. The largest absolute Gasteiger partial charge is 0.315 e. The van der Waals surface area contributed by atoms with Crippen LogP contribution in [0.15, 0.2) is 61.1 Å². The molecule has 1 aliphatic heterocycles. The zero-order valence-corrected chi connectivity index (χ0v) is 17.8. The predicted octanol–water partition coefficient (Wildman–Crippen LogP) is 2.67. The number of rotatable bonds is 5. The maximum atomic E-state index is 13.8. The molecule has 9 nitrogen and oxygen atoms in total. The van der Waals surface area contributed by atoms with E-state index in [1.165, 1.54) is 0 Å². The van der Waals surface area contributed by atoms with Crippen molar-refractivity contribution in [3.05, 3.63) is 66.6 Å². The number of carbonyl (C=O) groups is 1. The fraction of sp³-hybridized carbons (Fsp3) is 0.261. The second kappa shape index (κ2) is 8.72. The van der Waals surface area contributed by atoms with Crippen LogP contribution in [0.5, 0.6) is 0 Å². The van der Waals surface area contributed by atoms with Gasteiger partial charge in [0.1, 0.15) is 11.5 Å². The molecule has 1 atom stereocenters. The van der Waals surface area contributed by atoms with E-state index in [0.29, 0.717) is 11.4 Å². The van der Waals surface area contributed by atoms with Crippen molar-refractivity contribution in [1.29, 1.82) is 0 Å². The first-order chi connectivity index (χ1) is 15.7. The van der Waals surface area contributed by atoms with Gasteiger partial charge in [-0.3, -0.25) is 19.5 Å². The third kappa shape index (κ3) is 3.90. The summed E-state index contributed by atoms with van der Waals surface area (Å²) in [7, 11) is 1.83. The van der Waals surface area contributed by atoms with Gasteiger partial charge in [0.05, 0.1) is 17.9 Å².